The molecular formula is C21H33BrO. The molecule has 0 radical (unpaired) electrons. The summed E-state index contributed by atoms with van der Waals surface area (Å²) in [6, 6.07) is 0. The van der Waals surface area contributed by atoms with Crippen LogP contribution in [0.15, 0.2) is 0 Å². The molecule has 0 bridgehead atoms. The third kappa shape index (κ3) is 2.06. The van der Waals surface area contributed by atoms with E-state index >= 15 is 0 Å². The Bertz CT molecular complexity index is 516. The SMILES string of the molecule is CC(=O)[C@@]1(Br)CC[C@H]2[C@@H]3CCC4CCCC[C@]4(C)[C@H]3CC[C@@]21C. The Kier molecular flexibility index (Phi) is 3.84. The summed E-state index contributed by atoms with van der Waals surface area (Å²) in [6.07, 6.45) is 13.7. The molecular weight excluding hydrogens is 348 g/mol. The molecule has 0 saturated heterocycles. The molecule has 7 atom stereocenters. The average molecular weight is 381 g/mol. The van der Waals surface area contributed by atoms with Crippen LogP contribution in [0.5, 0.6) is 0 Å². The lowest BCUT2D eigenvalue weighted by Gasteiger charge is -2.61. The van der Waals surface area contributed by atoms with Crippen molar-refractivity contribution >= 4 is 21.7 Å². The zero-order valence-electron chi connectivity index (χ0n) is 15.2. The van der Waals surface area contributed by atoms with Gasteiger partial charge in [0.25, 0.3) is 0 Å². The van der Waals surface area contributed by atoms with Crippen LogP contribution in [0.2, 0.25) is 0 Å². The third-order valence-corrected chi connectivity index (χ3v) is 11.1. The van der Waals surface area contributed by atoms with Crippen molar-refractivity contribution < 1.29 is 4.79 Å². The highest BCUT2D eigenvalue weighted by atomic mass is 79.9. The molecule has 4 aliphatic rings. The molecule has 0 spiro atoms. The maximum atomic E-state index is 12.4. The number of ketones is 1. The number of halogens is 1. The van der Waals surface area contributed by atoms with Crippen LogP contribution in [0.25, 0.3) is 0 Å². The summed E-state index contributed by atoms with van der Waals surface area (Å²) < 4.78 is -0.236. The molecule has 23 heavy (non-hydrogen) atoms. The zero-order valence-corrected chi connectivity index (χ0v) is 16.8. The van der Waals surface area contributed by atoms with Gasteiger partial charge in [0.2, 0.25) is 0 Å². The van der Waals surface area contributed by atoms with Gasteiger partial charge in [0.1, 0.15) is 5.78 Å². The van der Waals surface area contributed by atoms with Gasteiger partial charge in [0, 0.05) is 0 Å². The predicted octanol–water partition coefficient (Wildman–Crippen LogP) is 6.14. The normalized spacial score (nSPS) is 55.7. The second-order valence-electron chi connectivity index (χ2n) is 9.75. The van der Waals surface area contributed by atoms with Crippen molar-refractivity contribution in [2.45, 2.75) is 89.3 Å². The van der Waals surface area contributed by atoms with Crippen LogP contribution in [0.3, 0.4) is 0 Å². The van der Waals surface area contributed by atoms with Gasteiger partial charge in [0.05, 0.1) is 4.32 Å². The maximum absolute atomic E-state index is 12.4. The molecule has 0 heterocycles. The summed E-state index contributed by atoms with van der Waals surface area (Å²) in [6.45, 7) is 6.89. The predicted molar refractivity (Wildman–Crippen MR) is 98.7 cm³/mol. The summed E-state index contributed by atoms with van der Waals surface area (Å²) in [5, 5.41) is 0. The first kappa shape index (κ1) is 16.6. The van der Waals surface area contributed by atoms with Gasteiger partial charge in [-0.15, -0.1) is 0 Å². The highest BCUT2D eigenvalue weighted by Crippen LogP contribution is 2.69. The van der Waals surface area contributed by atoms with Crippen LogP contribution in [0, 0.1) is 34.5 Å². The van der Waals surface area contributed by atoms with Crippen molar-refractivity contribution in [2.75, 3.05) is 0 Å². The number of hydrogen-bond acceptors (Lipinski definition) is 1. The Morgan fingerprint density at radius 3 is 2.39 bits per heavy atom. The molecule has 0 aromatic carbocycles. The number of alkyl halides is 1. The molecule has 1 unspecified atom stereocenters. The van der Waals surface area contributed by atoms with E-state index in [9.17, 15) is 4.79 Å². The standard InChI is InChI=1S/C21H33BrO/c1-14(23)21(22)13-10-18-16-8-7-15-6-4-5-11-19(15,2)17(16)9-12-20(18,21)3/h15-18H,4-13H2,1-3H3/t15?,16-,17+,18+,19+,20+,21+/m1/s1. The van der Waals surface area contributed by atoms with Gasteiger partial charge in [0.15, 0.2) is 0 Å². The smallest absolute Gasteiger partial charge is 0.147 e. The van der Waals surface area contributed by atoms with Gasteiger partial charge in [-0.05, 0) is 92.8 Å². The van der Waals surface area contributed by atoms with Crippen molar-refractivity contribution in [3.8, 4) is 0 Å². The number of fused-ring (bicyclic) bond motifs is 5. The fourth-order valence-corrected chi connectivity index (χ4v) is 8.58. The minimum absolute atomic E-state index is 0.192. The molecule has 2 heteroatoms. The molecule has 4 fully saturated rings. The maximum Gasteiger partial charge on any atom is 0.147 e. The Labute approximate surface area is 150 Å². The highest BCUT2D eigenvalue weighted by molar-refractivity contribution is 9.10. The summed E-state index contributed by atoms with van der Waals surface area (Å²) in [7, 11) is 0. The second-order valence-corrected chi connectivity index (χ2v) is 11.1. The molecule has 1 nitrogen and oxygen atoms in total. The second kappa shape index (κ2) is 5.32. The number of carbonyl (C=O) groups excluding carboxylic acids is 1. The van der Waals surface area contributed by atoms with Crippen LogP contribution in [0.1, 0.15) is 85.0 Å². The first-order chi connectivity index (χ1) is 10.8. The van der Waals surface area contributed by atoms with E-state index in [4.69, 9.17) is 0 Å². The van der Waals surface area contributed by atoms with E-state index in [1.165, 1.54) is 57.8 Å². The summed E-state index contributed by atoms with van der Waals surface area (Å²) in [5.74, 6) is 3.95. The van der Waals surface area contributed by atoms with Crippen LogP contribution < -0.4 is 0 Å². The topological polar surface area (TPSA) is 17.1 Å². The largest absolute Gasteiger partial charge is 0.298 e. The van der Waals surface area contributed by atoms with E-state index in [0.717, 1.165) is 30.1 Å². The molecule has 0 aliphatic heterocycles. The molecule has 130 valence electrons. The molecule has 4 aliphatic carbocycles. The lowest BCUT2D eigenvalue weighted by atomic mass is 9.45. The van der Waals surface area contributed by atoms with Gasteiger partial charge in [-0.3, -0.25) is 4.79 Å². The van der Waals surface area contributed by atoms with Crippen molar-refractivity contribution in [1.82, 2.24) is 0 Å². The van der Waals surface area contributed by atoms with Gasteiger partial charge >= 0.3 is 0 Å². The van der Waals surface area contributed by atoms with E-state index in [-0.39, 0.29) is 9.74 Å². The minimum Gasteiger partial charge on any atom is -0.298 e. The number of Topliss-reactive ketones (excluding diaryl/α,β-unsaturated/α-hetero) is 1. The van der Waals surface area contributed by atoms with Gasteiger partial charge < -0.3 is 0 Å². The van der Waals surface area contributed by atoms with Crippen molar-refractivity contribution in [1.29, 1.82) is 0 Å². The minimum atomic E-state index is -0.236. The molecule has 0 amide bonds. The van der Waals surface area contributed by atoms with Crippen LogP contribution in [-0.2, 0) is 4.79 Å². The van der Waals surface area contributed by atoms with Gasteiger partial charge in [-0.25, -0.2) is 0 Å². The van der Waals surface area contributed by atoms with E-state index in [2.05, 4.69) is 29.8 Å². The highest BCUT2D eigenvalue weighted by Gasteiger charge is 2.65. The third-order valence-electron chi connectivity index (χ3n) is 9.24. The fraction of sp³-hybridized carbons (Fsp3) is 0.952. The van der Waals surface area contributed by atoms with Crippen molar-refractivity contribution in [2.24, 2.45) is 34.5 Å². The molecule has 4 rings (SSSR count). The molecule has 0 aromatic heterocycles. The fourth-order valence-electron chi connectivity index (χ4n) is 7.86. The van der Waals surface area contributed by atoms with E-state index in [0.29, 0.717) is 11.2 Å². The molecule has 4 saturated carbocycles. The quantitative estimate of drug-likeness (QED) is 0.499. The summed E-state index contributed by atoms with van der Waals surface area (Å²) >= 11 is 3.96. The first-order valence-electron chi connectivity index (χ1n) is 10.0. The lowest BCUT2D eigenvalue weighted by Crippen LogP contribution is -2.56. The summed E-state index contributed by atoms with van der Waals surface area (Å²) in [5.41, 5.74) is 0.800. The zero-order chi connectivity index (χ0) is 16.5. The van der Waals surface area contributed by atoms with Crippen LogP contribution in [-0.4, -0.2) is 10.1 Å². The van der Waals surface area contributed by atoms with Gasteiger partial charge in [-0.2, -0.15) is 0 Å². The number of rotatable bonds is 1. The monoisotopic (exact) mass is 380 g/mol. The Hall–Kier alpha value is 0.150. The van der Waals surface area contributed by atoms with E-state index in [1.54, 1.807) is 0 Å². The molecule has 0 aromatic rings. The molecule has 0 N–H and O–H groups in total. The Balaban J connectivity index is 1.67. The van der Waals surface area contributed by atoms with Crippen LogP contribution >= 0.6 is 15.9 Å². The van der Waals surface area contributed by atoms with Crippen LogP contribution in [0.4, 0.5) is 0 Å². The number of carbonyl (C=O) groups is 1. The van der Waals surface area contributed by atoms with Gasteiger partial charge in [-0.1, -0.05) is 42.6 Å². The van der Waals surface area contributed by atoms with E-state index in [1.807, 2.05) is 6.92 Å². The average Bonchev–Trinajstić information content (AvgIpc) is 2.80. The summed E-state index contributed by atoms with van der Waals surface area (Å²) in [4.78, 5) is 12.4. The lowest BCUT2D eigenvalue weighted by molar-refractivity contribution is -0.129. The Morgan fingerprint density at radius 2 is 1.65 bits per heavy atom. The first-order valence-corrected chi connectivity index (χ1v) is 10.8. The van der Waals surface area contributed by atoms with Crippen molar-refractivity contribution in [3.05, 3.63) is 0 Å². The number of hydrogen-bond donors (Lipinski definition) is 0. The Morgan fingerprint density at radius 1 is 0.913 bits per heavy atom. The van der Waals surface area contributed by atoms with E-state index < -0.39 is 0 Å². The van der Waals surface area contributed by atoms with Crippen molar-refractivity contribution in [3.63, 3.8) is 0 Å².